The molecular formula is C20H21N3O4S2. The van der Waals surface area contributed by atoms with Crippen molar-refractivity contribution in [2.75, 3.05) is 13.1 Å². The van der Waals surface area contributed by atoms with E-state index in [1.807, 2.05) is 23.6 Å². The van der Waals surface area contributed by atoms with E-state index in [9.17, 15) is 14.4 Å². The van der Waals surface area contributed by atoms with Crippen LogP contribution in [0.4, 0.5) is 0 Å². The summed E-state index contributed by atoms with van der Waals surface area (Å²) in [6, 6.07) is 6.03. The largest absolute Gasteiger partial charge is 0.468 e. The molecule has 0 aliphatic carbocycles. The van der Waals surface area contributed by atoms with Crippen LogP contribution in [0.5, 0.6) is 0 Å². The summed E-state index contributed by atoms with van der Waals surface area (Å²) in [7, 11) is 0. The molecule has 2 aromatic heterocycles. The van der Waals surface area contributed by atoms with Gasteiger partial charge in [0.15, 0.2) is 0 Å². The second kappa shape index (κ2) is 7.53. The molecule has 5 rings (SSSR count). The van der Waals surface area contributed by atoms with E-state index in [-0.39, 0.29) is 29.0 Å². The molecule has 3 fully saturated rings. The lowest BCUT2D eigenvalue weighted by Gasteiger charge is -2.41. The quantitative estimate of drug-likeness (QED) is 0.783. The van der Waals surface area contributed by atoms with Crippen LogP contribution in [0.15, 0.2) is 40.3 Å². The fraction of sp³-hybridized carbons (Fsp3) is 0.450. The molecule has 3 aliphatic rings. The zero-order valence-corrected chi connectivity index (χ0v) is 17.3. The number of carbonyl (C=O) groups excluding carboxylic acids is 3. The molecule has 3 saturated heterocycles. The van der Waals surface area contributed by atoms with Crippen LogP contribution in [0.2, 0.25) is 0 Å². The summed E-state index contributed by atoms with van der Waals surface area (Å²) < 4.78 is 5.39. The first-order valence-electron chi connectivity index (χ1n) is 9.73. The number of thioether (sulfide) groups is 1. The Morgan fingerprint density at radius 3 is 2.69 bits per heavy atom. The van der Waals surface area contributed by atoms with Gasteiger partial charge in [-0.15, -0.1) is 23.1 Å². The summed E-state index contributed by atoms with van der Waals surface area (Å²) in [5.41, 5.74) is 0. The molecule has 7 nitrogen and oxygen atoms in total. The number of thiophene rings is 1. The molecular weight excluding hydrogens is 410 g/mol. The lowest BCUT2D eigenvalue weighted by Crippen LogP contribution is -2.65. The predicted molar refractivity (Wildman–Crippen MR) is 110 cm³/mol. The summed E-state index contributed by atoms with van der Waals surface area (Å²) in [4.78, 5) is 43.0. The monoisotopic (exact) mass is 431 g/mol. The second-order valence-corrected chi connectivity index (χ2v) is 9.69. The molecule has 4 atom stereocenters. The van der Waals surface area contributed by atoms with Gasteiger partial charge in [0, 0.05) is 18.3 Å². The third-order valence-electron chi connectivity index (χ3n) is 5.89. The maximum absolute atomic E-state index is 13.3. The Hall–Kier alpha value is -2.26. The maximum Gasteiger partial charge on any atom is 0.261 e. The number of rotatable bonds is 5. The molecule has 2 aromatic rings. The Morgan fingerprint density at radius 2 is 1.93 bits per heavy atom. The van der Waals surface area contributed by atoms with Crippen molar-refractivity contribution in [3.8, 4) is 0 Å². The molecule has 0 radical (unpaired) electrons. The molecule has 29 heavy (non-hydrogen) atoms. The van der Waals surface area contributed by atoms with Gasteiger partial charge in [-0.2, -0.15) is 0 Å². The number of piperazine rings is 1. The van der Waals surface area contributed by atoms with Gasteiger partial charge in [0.2, 0.25) is 11.8 Å². The second-order valence-electron chi connectivity index (χ2n) is 7.52. The van der Waals surface area contributed by atoms with Gasteiger partial charge < -0.3 is 19.5 Å². The average molecular weight is 432 g/mol. The van der Waals surface area contributed by atoms with Crippen LogP contribution in [0.25, 0.3) is 0 Å². The number of carbonyl (C=O) groups is 3. The van der Waals surface area contributed by atoms with Crippen molar-refractivity contribution >= 4 is 40.8 Å². The van der Waals surface area contributed by atoms with Gasteiger partial charge in [-0.25, -0.2) is 0 Å². The minimum atomic E-state index is -0.587. The third kappa shape index (κ3) is 3.26. The van der Waals surface area contributed by atoms with Gasteiger partial charge in [-0.1, -0.05) is 6.07 Å². The van der Waals surface area contributed by atoms with Crippen molar-refractivity contribution in [2.24, 2.45) is 0 Å². The topological polar surface area (TPSA) is 82.9 Å². The maximum atomic E-state index is 13.3. The smallest absolute Gasteiger partial charge is 0.261 e. The molecule has 152 valence electrons. The minimum Gasteiger partial charge on any atom is -0.468 e. The summed E-state index contributed by atoms with van der Waals surface area (Å²) >= 11 is 3.04. The molecule has 1 N–H and O–H groups in total. The first-order valence-corrected chi connectivity index (χ1v) is 11.7. The molecule has 0 saturated carbocycles. The van der Waals surface area contributed by atoms with Crippen LogP contribution < -0.4 is 5.32 Å². The highest BCUT2D eigenvalue weighted by molar-refractivity contribution is 7.99. The van der Waals surface area contributed by atoms with Crippen molar-refractivity contribution in [3.05, 3.63) is 46.5 Å². The lowest BCUT2D eigenvalue weighted by molar-refractivity contribution is -0.157. The van der Waals surface area contributed by atoms with Crippen LogP contribution in [-0.2, 0) is 15.3 Å². The molecule has 0 spiro atoms. The van der Waals surface area contributed by atoms with E-state index in [0.29, 0.717) is 30.1 Å². The number of fused-ring (bicyclic) bond motifs is 2. The van der Waals surface area contributed by atoms with Crippen LogP contribution in [0.3, 0.4) is 0 Å². The third-order valence-corrected chi connectivity index (χ3v) is 8.14. The van der Waals surface area contributed by atoms with Gasteiger partial charge in [0.25, 0.3) is 5.91 Å². The number of amides is 3. The first kappa shape index (κ1) is 18.7. The Bertz CT molecular complexity index is 914. The number of nitrogens with one attached hydrogen (secondary N) is 1. The Kier molecular flexibility index (Phi) is 4.87. The molecule has 4 unspecified atom stereocenters. The van der Waals surface area contributed by atoms with Crippen molar-refractivity contribution in [3.63, 3.8) is 0 Å². The average Bonchev–Trinajstić information content (AvgIpc) is 3.51. The number of hydrogen-bond acceptors (Lipinski definition) is 6. The zero-order chi connectivity index (χ0) is 20.0. The van der Waals surface area contributed by atoms with Crippen molar-refractivity contribution in [1.82, 2.24) is 15.1 Å². The minimum absolute atomic E-state index is 0.0110. The lowest BCUT2D eigenvalue weighted by atomic mass is 10.0. The highest BCUT2D eigenvalue weighted by Gasteiger charge is 2.56. The van der Waals surface area contributed by atoms with Gasteiger partial charge >= 0.3 is 0 Å². The highest BCUT2D eigenvalue weighted by atomic mass is 32.2. The first-order chi connectivity index (χ1) is 14.1. The van der Waals surface area contributed by atoms with Gasteiger partial charge in [-0.05, 0) is 36.4 Å². The Balaban J connectivity index is 1.29. The number of nitrogens with zero attached hydrogens (tertiary/aromatic N) is 2. The van der Waals surface area contributed by atoms with Crippen LogP contribution >= 0.6 is 23.1 Å². The summed E-state index contributed by atoms with van der Waals surface area (Å²) in [5.74, 6) is 1.36. The van der Waals surface area contributed by atoms with Crippen molar-refractivity contribution in [2.45, 2.75) is 42.0 Å². The molecule has 0 aromatic carbocycles. The Morgan fingerprint density at radius 1 is 1.14 bits per heavy atom. The molecule has 5 heterocycles. The highest BCUT2D eigenvalue weighted by Crippen LogP contribution is 2.38. The van der Waals surface area contributed by atoms with Crippen molar-refractivity contribution < 1.29 is 18.8 Å². The fourth-order valence-electron chi connectivity index (χ4n) is 4.55. The molecule has 3 amide bonds. The summed E-state index contributed by atoms with van der Waals surface area (Å²) in [6.45, 7) is 1.09. The van der Waals surface area contributed by atoms with E-state index in [4.69, 9.17) is 4.42 Å². The summed E-state index contributed by atoms with van der Waals surface area (Å²) in [5, 5.41) is 4.89. The number of hydrogen-bond donors (Lipinski definition) is 1. The fourth-order valence-corrected chi connectivity index (χ4v) is 6.43. The zero-order valence-electron chi connectivity index (χ0n) is 15.7. The normalized spacial score (nSPS) is 28.6. The van der Waals surface area contributed by atoms with E-state index in [2.05, 4.69) is 5.32 Å². The number of furan rings is 1. The Labute approximate surface area is 176 Å². The van der Waals surface area contributed by atoms with Crippen LogP contribution in [0, 0.1) is 0 Å². The standard InChI is InChI=1S/C20H21N3O4S2/c24-18(15-4-2-10-28-15)21-13-5-7-22-16(13)19(25)23-8-6-14(17(23)20(22)26)29-11-12-3-1-9-27-12/h1-4,9-10,13-14,16-17H,5-8,11H2,(H,21,24). The predicted octanol–water partition coefficient (Wildman–Crippen LogP) is 1.96. The van der Waals surface area contributed by atoms with E-state index < -0.39 is 12.1 Å². The van der Waals surface area contributed by atoms with E-state index in [0.717, 1.165) is 12.2 Å². The van der Waals surface area contributed by atoms with Gasteiger partial charge in [0.1, 0.15) is 17.8 Å². The molecule has 3 aliphatic heterocycles. The molecule has 0 bridgehead atoms. The van der Waals surface area contributed by atoms with Crippen LogP contribution in [0.1, 0.15) is 28.3 Å². The van der Waals surface area contributed by atoms with E-state index in [1.54, 1.807) is 33.9 Å². The van der Waals surface area contributed by atoms with E-state index in [1.165, 1.54) is 11.3 Å². The SMILES string of the molecule is O=C(NC1CCN2C(=O)C3C(SCc4ccco4)CCN3C(=O)C12)c1cccs1. The molecule has 9 heteroatoms. The van der Waals surface area contributed by atoms with Crippen molar-refractivity contribution in [1.29, 1.82) is 0 Å². The summed E-state index contributed by atoms with van der Waals surface area (Å²) in [6.07, 6.45) is 3.04. The van der Waals surface area contributed by atoms with Gasteiger partial charge in [0.05, 0.1) is 22.9 Å². The van der Waals surface area contributed by atoms with Crippen LogP contribution in [-0.4, -0.2) is 64.0 Å². The van der Waals surface area contributed by atoms with E-state index >= 15 is 0 Å². The van der Waals surface area contributed by atoms with Gasteiger partial charge in [-0.3, -0.25) is 14.4 Å².